The van der Waals surface area contributed by atoms with Gasteiger partial charge in [-0.15, -0.1) is 29.1 Å². The van der Waals surface area contributed by atoms with E-state index in [1.165, 1.54) is 51.1 Å². The molecule has 1 heterocycles. The molecule has 0 spiro atoms. The van der Waals surface area contributed by atoms with Gasteiger partial charge in [-0.1, -0.05) is 80.3 Å². The fraction of sp³-hybridized carbons (Fsp3) is 0.219. The predicted molar refractivity (Wildman–Crippen MR) is 148 cm³/mol. The molecule has 0 aliphatic rings. The minimum absolute atomic E-state index is 0. The van der Waals surface area contributed by atoms with Crippen molar-refractivity contribution in [2.45, 2.75) is 46.6 Å². The number of benzene rings is 4. The van der Waals surface area contributed by atoms with Gasteiger partial charge in [-0.2, -0.15) is 0 Å². The quantitative estimate of drug-likeness (QED) is 0.117. The van der Waals surface area contributed by atoms with E-state index in [4.69, 9.17) is 15.2 Å². The van der Waals surface area contributed by atoms with Crippen molar-refractivity contribution in [2.24, 2.45) is 0 Å². The summed E-state index contributed by atoms with van der Waals surface area (Å²) in [5, 5.41) is 24.3. The first-order valence-electron chi connectivity index (χ1n) is 12.0. The molecule has 1 aromatic heterocycles. The largest absolute Gasteiger partial charge is 0.513 e. The predicted octanol–water partition coefficient (Wildman–Crippen LogP) is 8.27. The van der Waals surface area contributed by atoms with Crippen molar-refractivity contribution in [2.75, 3.05) is 0 Å². The van der Waals surface area contributed by atoms with Crippen LogP contribution in [0.3, 0.4) is 0 Å². The van der Waals surface area contributed by atoms with Gasteiger partial charge in [-0.05, 0) is 59.0 Å². The van der Waals surface area contributed by atoms with Gasteiger partial charge in [-0.25, -0.2) is 0 Å². The van der Waals surface area contributed by atoms with Crippen molar-refractivity contribution in [3.63, 3.8) is 0 Å². The summed E-state index contributed by atoms with van der Waals surface area (Å²) in [6.07, 6.45) is 2.74. The number of aliphatic hydroxyl groups is 2. The number of fused-ring (bicyclic) bond motifs is 4. The second-order valence-corrected chi connectivity index (χ2v) is 9.42. The van der Waals surface area contributed by atoms with E-state index in [0.717, 1.165) is 16.6 Å². The van der Waals surface area contributed by atoms with Crippen LogP contribution in [0.25, 0.3) is 43.6 Å². The zero-order chi connectivity index (χ0) is 25.1. The Morgan fingerprint density at radius 1 is 0.917 bits per heavy atom. The van der Waals surface area contributed by atoms with Crippen LogP contribution in [0.2, 0.25) is 0 Å². The molecule has 5 rings (SSSR count). The van der Waals surface area contributed by atoms with Crippen LogP contribution in [0.4, 0.5) is 0 Å². The van der Waals surface area contributed by atoms with Crippen LogP contribution in [0, 0.1) is 13.0 Å². The van der Waals surface area contributed by atoms with Crippen molar-refractivity contribution >= 4 is 32.3 Å². The number of allylic oxidation sites excluding steroid dienone is 1. The van der Waals surface area contributed by atoms with E-state index in [-0.39, 0.29) is 25.9 Å². The average Bonchev–Trinajstić information content (AvgIpc) is 2.82. The number of hydrogen-bond donors (Lipinski definition) is 2. The third kappa shape index (κ3) is 6.02. The number of aromatic nitrogens is 1. The fourth-order valence-corrected chi connectivity index (χ4v) is 4.52. The van der Waals surface area contributed by atoms with Gasteiger partial charge in [0.05, 0.1) is 11.9 Å². The molecular weight excluding hydrogens is 623 g/mol. The molecule has 4 heteroatoms. The first-order chi connectivity index (χ1) is 16.7. The molecule has 0 aliphatic carbocycles. The van der Waals surface area contributed by atoms with E-state index in [1.54, 1.807) is 6.92 Å². The second-order valence-electron chi connectivity index (χ2n) is 9.42. The van der Waals surface area contributed by atoms with Crippen molar-refractivity contribution in [3.05, 3.63) is 102 Å². The third-order valence-electron chi connectivity index (χ3n) is 6.15. The summed E-state index contributed by atoms with van der Waals surface area (Å²) in [7, 11) is 0. The maximum Gasteiger partial charge on any atom is 0.0877 e. The summed E-state index contributed by atoms with van der Waals surface area (Å²) in [6, 6.07) is 27.6. The molecule has 187 valence electrons. The molecule has 0 saturated carbocycles. The van der Waals surface area contributed by atoms with E-state index in [0.29, 0.717) is 5.92 Å². The van der Waals surface area contributed by atoms with Gasteiger partial charge in [0.2, 0.25) is 0 Å². The van der Waals surface area contributed by atoms with Crippen LogP contribution in [-0.2, 0) is 20.1 Å². The third-order valence-corrected chi connectivity index (χ3v) is 6.15. The standard InChI is InChI=1S/C27H22N.C5H10O2.Ir/c1-17(2)20-10-11-25-21(15-20)12-13-28-27(25)23-14-18(3)26-22(16-23)9-8-19-6-4-5-7-24(19)26;1-4(6)3-5(2)7;/h4-15,17H,1-3H3;3-4,6-7H,1-2H3;/q-1;;/b;5-3-;. The van der Waals surface area contributed by atoms with Gasteiger partial charge in [-0.3, -0.25) is 4.98 Å². The Balaban J connectivity index is 0.000000400. The van der Waals surface area contributed by atoms with E-state index in [9.17, 15) is 0 Å². The maximum absolute atomic E-state index is 8.49. The molecule has 1 unspecified atom stereocenters. The summed E-state index contributed by atoms with van der Waals surface area (Å²) >= 11 is 0. The fourth-order valence-electron chi connectivity index (χ4n) is 4.52. The Morgan fingerprint density at radius 3 is 2.33 bits per heavy atom. The van der Waals surface area contributed by atoms with Crippen LogP contribution in [0.1, 0.15) is 44.7 Å². The first-order valence-corrected chi connectivity index (χ1v) is 12.0. The first kappa shape index (κ1) is 27.5. The number of hydrogen-bond acceptors (Lipinski definition) is 3. The summed E-state index contributed by atoms with van der Waals surface area (Å²) in [6.45, 7) is 9.75. The maximum atomic E-state index is 8.49. The van der Waals surface area contributed by atoms with Crippen molar-refractivity contribution in [3.8, 4) is 11.3 Å². The van der Waals surface area contributed by atoms with E-state index in [1.807, 2.05) is 6.20 Å². The number of rotatable bonds is 3. The molecule has 0 fully saturated rings. The van der Waals surface area contributed by atoms with Gasteiger partial charge in [0.15, 0.2) is 0 Å². The number of aryl methyl sites for hydroxylation is 1. The Morgan fingerprint density at radius 2 is 1.67 bits per heavy atom. The molecule has 0 bridgehead atoms. The number of aliphatic hydroxyl groups excluding tert-OH is 2. The van der Waals surface area contributed by atoms with E-state index in [2.05, 4.69) is 93.6 Å². The topological polar surface area (TPSA) is 53.4 Å². The van der Waals surface area contributed by atoms with Crippen LogP contribution in [0.15, 0.2) is 84.8 Å². The van der Waals surface area contributed by atoms with Gasteiger partial charge in [0.25, 0.3) is 0 Å². The molecule has 5 aromatic rings. The van der Waals surface area contributed by atoms with Crippen LogP contribution in [-0.4, -0.2) is 21.3 Å². The Labute approximate surface area is 226 Å². The van der Waals surface area contributed by atoms with Crippen molar-refractivity contribution < 1.29 is 30.3 Å². The molecule has 0 aliphatic heterocycles. The molecule has 2 N–H and O–H groups in total. The zero-order valence-electron chi connectivity index (χ0n) is 21.3. The molecule has 0 amide bonds. The van der Waals surface area contributed by atoms with Crippen LogP contribution < -0.4 is 0 Å². The van der Waals surface area contributed by atoms with Gasteiger partial charge < -0.3 is 10.2 Å². The van der Waals surface area contributed by atoms with Crippen molar-refractivity contribution in [1.82, 2.24) is 4.98 Å². The van der Waals surface area contributed by atoms with E-state index < -0.39 is 6.10 Å². The molecular formula is C32H32IrNO2-. The second kappa shape index (κ2) is 11.8. The molecule has 0 saturated heterocycles. The van der Waals surface area contributed by atoms with Crippen LogP contribution >= 0.6 is 0 Å². The molecule has 1 atom stereocenters. The molecule has 36 heavy (non-hydrogen) atoms. The summed E-state index contributed by atoms with van der Waals surface area (Å²) < 4.78 is 0. The van der Waals surface area contributed by atoms with Crippen molar-refractivity contribution in [1.29, 1.82) is 0 Å². The Kier molecular flexibility index (Phi) is 9.03. The number of pyridine rings is 1. The summed E-state index contributed by atoms with van der Waals surface area (Å²) in [5.41, 5.74) is 4.68. The van der Waals surface area contributed by atoms with E-state index >= 15 is 0 Å². The normalized spacial score (nSPS) is 12.4. The summed E-state index contributed by atoms with van der Waals surface area (Å²) in [5.74, 6) is 0.679. The molecule has 3 nitrogen and oxygen atoms in total. The minimum Gasteiger partial charge on any atom is -0.513 e. The SMILES string of the molecule is C/C(O)=C/C(C)O.Cc1cc(-c2nccc3cc(C(C)C)ccc23)[c-]c2ccc3ccccc3c12.[Ir]. The van der Waals surface area contributed by atoms with Crippen LogP contribution in [0.5, 0.6) is 0 Å². The Hall–Kier alpha value is -3.04. The summed E-state index contributed by atoms with van der Waals surface area (Å²) in [4.78, 5) is 4.73. The number of nitrogens with zero attached hydrogens (tertiary/aromatic N) is 1. The average molecular weight is 655 g/mol. The van der Waals surface area contributed by atoms with Gasteiger partial charge >= 0.3 is 0 Å². The van der Waals surface area contributed by atoms with Gasteiger partial charge in [0.1, 0.15) is 0 Å². The van der Waals surface area contributed by atoms with Gasteiger partial charge in [0, 0.05) is 32.0 Å². The zero-order valence-corrected chi connectivity index (χ0v) is 23.7. The monoisotopic (exact) mass is 655 g/mol. The smallest absolute Gasteiger partial charge is 0.0877 e. The Bertz CT molecular complexity index is 1530. The molecule has 1 radical (unpaired) electrons. The minimum atomic E-state index is -0.537. The molecule has 4 aromatic carbocycles.